The molecular weight excluding hydrogens is 789 g/mol. The Morgan fingerprint density at radius 3 is 1.03 bits per heavy atom. The first-order valence-electron chi connectivity index (χ1n) is 24.9. The van der Waals surface area contributed by atoms with Crippen LogP contribution in [-0.4, -0.2) is 20.0 Å². The number of hydrogen-bond donors (Lipinski definition) is 0. The minimum Gasteiger partial charge on any atom is -0.299 e. The summed E-state index contributed by atoms with van der Waals surface area (Å²) < 4.78 is 40.1. The van der Waals surface area contributed by atoms with Gasteiger partial charge in [-0.2, -0.15) is 8.42 Å². The van der Waals surface area contributed by atoms with Crippen LogP contribution in [0, 0.1) is 16.7 Å². The first-order valence-corrected chi connectivity index (χ1v) is 28.1. The van der Waals surface area contributed by atoms with E-state index in [1.165, 1.54) is 50.1 Å². The first-order chi connectivity index (χ1) is 29.2. The second kappa shape index (κ2) is 21.5. The van der Waals surface area contributed by atoms with E-state index in [-0.39, 0.29) is 17.5 Å². The number of carbonyl (C=O) groups is 1. The summed E-state index contributed by atoms with van der Waals surface area (Å²) in [6.45, 7) is 24.7. The van der Waals surface area contributed by atoms with Gasteiger partial charge in [0.25, 0.3) is 10.1 Å². The molecule has 0 aliphatic heterocycles. The number of fused-ring (bicyclic) bond motifs is 2. The van der Waals surface area contributed by atoms with Crippen LogP contribution in [0.5, 0.6) is 0 Å². The van der Waals surface area contributed by atoms with Crippen LogP contribution < -0.4 is 0 Å². The van der Waals surface area contributed by atoms with E-state index in [4.69, 9.17) is 3.63 Å². The maximum absolute atomic E-state index is 16.1. The third-order valence-electron chi connectivity index (χ3n) is 14.3. The smallest absolute Gasteiger partial charge is 0.278 e. The van der Waals surface area contributed by atoms with Crippen molar-refractivity contribution in [2.45, 2.75) is 226 Å². The van der Waals surface area contributed by atoms with Crippen molar-refractivity contribution in [1.29, 1.82) is 0 Å². The number of aryl methyl sites for hydroxylation is 9. The van der Waals surface area contributed by atoms with E-state index < -0.39 is 31.3 Å². The maximum Gasteiger partial charge on any atom is 0.278 e. The van der Waals surface area contributed by atoms with Gasteiger partial charge in [-0.25, -0.2) is 3.63 Å². The fourth-order valence-electron chi connectivity index (χ4n) is 11.6. The Bertz CT molecular complexity index is 1830. The van der Waals surface area contributed by atoms with Crippen LogP contribution in [0.25, 0.3) is 0 Å². The lowest BCUT2D eigenvalue weighted by Gasteiger charge is -2.47. The quantitative estimate of drug-likeness (QED) is 0.0851. The van der Waals surface area contributed by atoms with Crippen LogP contribution in [0.1, 0.15) is 203 Å². The van der Waals surface area contributed by atoms with Crippen molar-refractivity contribution in [3.8, 4) is 0 Å². The van der Waals surface area contributed by atoms with Gasteiger partial charge >= 0.3 is 0 Å². The molecule has 61 heavy (non-hydrogen) atoms. The summed E-state index contributed by atoms with van der Waals surface area (Å²) in [5, 5.41) is 0. The molecule has 340 valence electrons. The second-order valence-electron chi connectivity index (χ2n) is 19.5. The molecule has 0 amide bonds. The van der Waals surface area contributed by atoms with Gasteiger partial charge in [0.2, 0.25) is 0 Å². The van der Waals surface area contributed by atoms with Crippen molar-refractivity contribution >= 4 is 26.2 Å². The molecule has 2 bridgehead atoms. The molecule has 0 radical (unpaired) electrons. The van der Waals surface area contributed by atoms with Crippen molar-refractivity contribution in [3.05, 3.63) is 86.5 Å². The predicted molar refractivity (Wildman–Crippen MR) is 261 cm³/mol. The highest BCUT2D eigenvalue weighted by Gasteiger charge is 2.66. The highest BCUT2D eigenvalue weighted by Crippen LogP contribution is 2.76. The van der Waals surface area contributed by atoms with Crippen LogP contribution >= 0.6 is 10.3 Å². The Kier molecular flexibility index (Phi) is 17.5. The molecule has 2 aliphatic rings. The summed E-state index contributed by atoms with van der Waals surface area (Å²) in [5.74, 6) is 0.0771. The molecule has 0 N–H and O–H groups in total. The van der Waals surface area contributed by atoms with Gasteiger partial charge < -0.3 is 0 Å². The minimum absolute atomic E-state index is 0.119. The van der Waals surface area contributed by atoms with Gasteiger partial charge in [0, 0.05) is 21.1 Å². The molecule has 2 aliphatic carbocycles. The molecule has 6 heteroatoms. The number of benzene rings is 3. The summed E-state index contributed by atoms with van der Waals surface area (Å²) in [7, 11) is -7.37. The fourth-order valence-corrected chi connectivity index (χ4v) is 18.9. The summed E-state index contributed by atoms with van der Waals surface area (Å²) in [5.41, 5.74) is 10.2. The number of hydrogen-bond acceptors (Lipinski definition) is 4. The Balaban J connectivity index is 2.14. The zero-order valence-corrected chi connectivity index (χ0v) is 42.2. The third kappa shape index (κ3) is 9.97. The van der Waals surface area contributed by atoms with E-state index in [0.717, 1.165) is 137 Å². The molecule has 2 saturated carbocycles. The van der Waals surface area contributed by atoms with Crippen molar-refractivity contribution in [1.82, 2.24) is 0 Å². The zero-order chi connectivity index (χ0) is 44.6. The lowest BCUT2D eigenvalue weighted by molar-refractivity contribution is -0.128. The Labute approximate surface area is 375 Å². The monoisotopic (exact) mass is 873 g/mol. The molecule has 2 unspecified atom stereocenters. The van der Waals surface area contributed by atoms with Crippen LogP contribution in [0.4, 0.5) is 0 Å². The van der Waals surface area contributed by atoms with Crippen molar-refractivity contribution in [3.63, 3.8) is 0 Å². The first kappa shape index (κ1) is 49.6. The summed E-state index contributed by atoms with van der Waals surface area (Å²) in [6.07, 6.45) is 18.8. The molecule has 3 aromatic carbocycles. The highest BCUT2D eigenvalue weighted by atomic mass is 32.3. The molecule has 0 heterocycles. The number of rotatable bonds is 25. The minimum atomic E-state index is -4.35. The topological polar surface area (TPSA) is 60.4 Å². The van der Waals surface area contributed by atoms with E-state index in [1.807, 2.05) is 0 Å². The largest absolute Gasteiger partial charge is 0.299 e. The standard InChI is InChI=1S/C55H84O4S2/c1-12-21-40-32-43(24-15-4)51(44(33-40)25-16-5)61(52-45(26-17-6)34-41(22-13-2)35-46(52)27-18-7,53-47(28-19-8)36-42(23-14-3)37-48(53)29-20-9)59-60(57,58)39-55-31-30-49(38-50(55)56)54(55,10)11/h32-37,49H,12-31,38-39H2,1-11H3. The molecule has 0 saturated heterocycles. The molecular formula is C55H84O4S2. The van der Waals surface area contributed by atoms with E-state index in [0.29, 0.717) is 12.8 Å². The third-order valence-corrected chi connectivity index (χ3v) is 20.1. The molecule has 3 aromatic rings. The van der Waals surface area contributed by atoms with Crippen LogP contribution in [0.2, 0.25) is 0 Å². The number of Topliss-reactive ketones (excluding diaryl/α,β-unsaturated/α-hetero) is 1. The van der Waals surface area contributed by atoms with E-state index in [9.17, 15) is 4.79 Å². The summed E-state index contributed by atoms with van der Waals surface area (Å²) in [6, 6.07) is 14.7. The Morgan fingerprint density at radius 1 is 0.508 bits per heavy atom. The van der Waals surface area contributed by atoms with Gasteiger partial charge in [-0.3, -0.25) is 4.79 Å². The molecule has 0 spiro atoms. The highest BCUT2D eigenvalue weighted by molar-refractivity contribution is 8.33. The summed E-state index contributed by atoms with van der Waals surface area (Å²) in [4.78, 5) is 17.7. The fraction of sp³-hybridized carbons (Fsp3) is 0.655. The van der Waals surface area contributed by atoms with E-state index >= 15 is 8.42 Å². The van der Waals surface area contributed by atoms with Gasteiger partial charge in [-0.05, 0) is 142 Å². The van der Waals surface area contributed by atoms with Crippen molar-refractivity contribution < 1.29 is 16.8 Å². The predicted octanol–water partition coefficient (Wildman–Crippen LogP) is 15.2. The van der Waals surface area contributed by atoms with Gasteiger partial charge in [0.1, 0.15) is 5.78 Å². The number of ketones is 1. The van der Waals surface area contributed by atoms with Crippen LogP contribution in [0.15, 0.2) is 51.1 Å². The molecule has 0 aromatic heterocycles. The van der Waals surface area contributed by atoms with Crippen LogP contribution in [-0.2, 0) is 76.3 Å². The number of carbonyl (C=O) groups excluding carboxylic acids is 1. The second-order valence-corrected chi connectivity index (χ2v) is 23.8. The van der Waals surface area contributed by atoms with Crippen molar-refractivity contribution in [2.24, 2.45) is 16.7 Å². The Morgan fingerprint density at radius 2 is 0.803 bits per heavy atom. The van der Waals surface area contributed by atoms with Gasteiger partial charge in [-0.1, -0.05) is 170 Å². The maximum atomic E-state index is 16.1. The zero-order valence-electron chi connectivity index (χ0n) is 40.5. The van der Waals surface area contributed by atoms with Gasteiger partial charge in [-0.15, -0.1) is 0 Å². The van der Waals surface area contributed by atoms with Crippen LogP contribution in [0.3, 0.4) is 0 Å². The lowest BCUT2D eigenvalue weighted by Crippen LogP contribution is -2.42. The Hall–Kier alpha value is -2.41. The molecule has 2 fully saturated rings. The van der Waals surface area contributed by atoms with E-state index in [2.05, 4.69) is 113 Å². The SMILES string of the molecule is CCCc1cc(CCC)c(S(OS(=O)(=O)CC23CCC(CC2=O)C3(C)C)(c2c(CCC)cc(CCC)cc2CCC)c2c(CCC)cc(CCC)cc2CCC)c(CCC)c1. The summed E-state index contributed by atoms with van der Waals surface area (Å²) >= 11 is 0. The normalized spacial score (nSPS) is 19.0. The van der Waals surface area contributed by atoms with Crippen molar-refractivity contribution in [2.75, 3.05) is 5.75 Å². The van der Waals surface area contributed by atoms with E-state index in [1.54, 1.807) is 0 Å². The lowest BCUT2D eigenvalue weighted by atomic mass is 9.70. The average molecular weight is 873 g/mol. The average Bonchev–Trinajstić information content (AvgIpc) is 3.53. The molecule has 5 rings (SSSR count). The van der Waals surface area contributed by atoms with Gasteiger partial charge in [0.15, 0.2) is 0 Å². The van der Waals surface area contributed by atoms with Gasteiger partial charge in [0.05, 0.1) is 11.2 Å². The molecule has 4 nitrogen and oxygen atoms in total. The molecule has 2 atom stereocenters.